The van der Waals surface area contributed by atoms with Crippen LogP contribution in [-0.2, 0) is 9.84 Å². The first-order chi connectivity index (χ1) is 7.97. The van der Waals surface area contributed by atoms with Gasteiger partial charge >= 0.3 is 0 Å². The van der Waals surface area contributed by atoms with E-state index in [-0.39, 0.29) is 0 Å². The lowest BCUT2D eigenvalue weighted by Gasteiger charge is -2.02. The van der Waals surface area contributed by atoms with E-state index in [1.165, 1.54) is 0 Å². The first kappa shape index (κ1) is 12.2. The van der Waals surface area contributed by atoms with Crippen LogP contribution in [0.2, 0.25) is 0 Å². The van der Waals surface area contributed by atoms with Crippen molar-refractivity contribution in [2.75, 3.05) is 6.26 Å². The van der Waals surface area contributed by atoms with Gasteiger partial charge < -0.3 is 0 Å². The smallest absolute Gasteiger partial charge is 0.214 e. The first-order valence-electron chi connectivity index (χ1n) is 4.87. The van der Waals surface area contributed by atoms with Gasteiger partial charge in [0, 0.05) is 15.3 Å². The Bertz CT molecular complexity index is 737. The molecular formula is C13H9BrO2S. The second-order valence-electron chi connectivity index (χ2n) is 3.64. The van der Waals surface area contributed by atoms with E-state index in [9.17, 15) is 8.42 Å². The van der Waals surface area contributed by atoms with Gasteiger partial charge in [-0.05, 0) is 28.8 Å². The molecule has 0 radical (unpaired) electrons. The Hall–Kier alpha value is -1.31. The lowest BCUT2D eigenvalue weighted by Crippen LogP contribution is -1.89. The fourth-order valence-electron chi connectivity index (χ4n) is 1.52. The predicted molar refractivity (Wildman–Crippen MR) is 73.4 cm³/mol. The van der Waals surface area contributed by atoms with Gasteiger partial charge in [0.1, 0.15) is 0 Å². The van der Waals surface area contributed by atoms with Gasteiger partial charge in [0.2, 0.25) is 9.84 Å². The molecule has 4 heteroatoms. The van der Waals surface area contributed by atoms with Crippen molar-refractivity contribution in [3.05, 3.63) is 46.4 Å². The molecule has 0 aliphatic rings. The van der Waals surface area contributed by atoms with Gasteiger partial charge in [-0.25, -0.2) is 8.42 Å². The minimum atomic E-state index is -3.27. The van der Waals surface area contributed by atoms with E-state index in [1.807, 2.05) is 36.4 Å². The Morgan fingerprint density at radius 1 is 1.06 bits per heavy atom. The topological polar surface area (TPSA) is 34.1 Å². The standard InChI is InChI=1S/C13H9BrO2S/c1-17(15,16)9-8-10-6-7-13(14)12-5-3-2-4-11(10)12/h2-7H,1H3. The summed E-state index contributed by atoms with van der Waals surface area (Å²) < 4.78 is 23.0. The lowest BCUT2D eigenvalue weighted by atomic mass is 10.1. The molecule has 0 amide bonds. The van der Waals surface area contributed by atoms with E-state index in [1.54, 1.807) is 0 Å². The van der Waals surface area contributed by atoms with E-state index in [0.717, 1.165) is 21.5 Å². The van der Waals surface area contributed by atoms with Crippen molar-refractivity contribution in [2.45, 2.75) is 0 Å². The number of sulfone groups is 1. The maximum Gasteiger partial charge on any atom is 0.214 e. The maximum absolute atomic E-state index is 11.0. The van der Waals surface area contributed by atoms with Crippen molar-refractivity contribution >= 4 is 36.5 Å². The largest absolute Gasteiger partial charge is 0.216 e. The Balaban J connectivity index is 2.71. The van der Waals surface area contributed by atoms with E-state index in [0.29, 0.717) is 5.56 Å². The molecule has 0 N–H and O–H groups in total. The van der Waals surface area contributed by atoms with Crippen LogP contribution in [0.1, 0.15) is 5.56 Å². The molecule has 0 unspecified atom stereocenters. The normalized spacial score (nSPS) is 10.9. The molecule has 0 fully saturated rings. The van der Waals surface area contributed by atoms with Crippen LogP contribution in [0.5, 0.6) is 0 Å². The molecule has 0 aromatic heterocycles. The summed E-state index contributed by atoms with van der Waals surface area (Å²) in [6.45, 7) is 0. The van der Waals surface area contributed by atoms with Gasteiger partial charge in [-0.15, -0.1) is 0 Å². The van der Waals surface area contributed by atoms with Crippen LogP contribution in [0.4, 0.5) is 0 Å². The summed E-state index contributed by atoms with van der Waals surface area (Å²) in [5.41, 5.74) is 0.717. The summed E-state index contributed by atoms with van der Waals surface area (Å²) in [6.07, 6.45) is 1.10. The molecule has 0 bridgehead atoms. The lowest BCUT2D eigenvalue weighted by molar-refractivity contribution is 0.611. The van der Waals surface area contributed by atoms with Crippen LogP contribution < -0.4 is 0 Å². The van der Waals surface area contributed by atoms with Crippen LogP contribution in [-0.4, -0.2) is 14.7 Å². The summed E-state index contributed by atoms with van der Waals surface area (Å²) in [5, 5.41) is 4.22. The van der Waals surface area contributed by atoms with E-state index in [2.05, 4.69) is 27.1 Å². The molecule has 0 aliphatic heterocycles. The van der Waals surface area contributed by atoms with Crippen molar-refractivity contribution in [1.82, 2.24) is 0 Å². The molecule has 2 nitrogen and oxygen atoms in total. The third kappa shape index (κ3) is 2.87. The van der Waals surface area contributed by atoms with E-state index >= 15 is 0 Å². The first-order valence-corrected chi connectivity index (χ1v) is 7.56. The highest BCUT2D eigenvalue weighted by atomic mass is 79.9. The van der Waals surface area contributed by atoms with Gasteiger partial charge in [-0.3, -0.25) is 0 Å². The number of hydrogen-bond donors (Lipinski definition) is 0. The molecule has 2 aromatic rings. The number of benzene rings is 2. The molecular weight excluding hydrogens is 300 g/mol. The third-order valence-corrected chi connectivity index (χ3v) is 3.41. The zero-order chi connectivity index (χ0) is 12.5. The molecule has 0 heterocycles. The monoisotopic (exact) mass is 308 g/mol. The molecule has 0 saturated heterocycles. The highest BCUT2D eigenvalue weighted by molar-refractivity contribution is 9.10. The minimum absolute atomic E-state index is 0.717. The van der Waals surface area contributed by atoms with Crippen LogP contribution in [0.15, 0.2) is 40.9 Å². The maximum atomic E-state index is 11.0. The molecule has 2 aromatic carbocycles. The minimum Gasteiger partial charge on any atom is -0.216 e. The fraction of sp³-hybridized carbons (Fsp3) is 0.0769. The van der Waals surface area contributed by atoms with Crippen molar-refractivity contribution in [3.8, 4) is 11.2 Å². The number of halogens is 1. The van der Waals surface area contributed by atoms with Crippen molar-refractivity contribution in [2.24, 2.45) is 0 Å². The van der Waals surface area contributed by atoms with E-state index < -0.39 is 9.84 Å². The third-order valence-electron chi connectivity index (χ3n) is 2.24. The van der Waals surface area contributed by atoms with Crippen molar-refractivity contribution in [1.29, 1.82) is 0 Å². The van der Waals surface area contributed by atoms with Crippen LogP contribution in [0.25, 0.3) is 10.8 Å². The second-order valence-corrected chi connectivity index (χ2v) is 6.24. The Morgan fingerprint density at radius 2 is 1.71 bits per heavy atom. The average Bonchev–Trinajstić information content (AvgIpc) is 2.27. The van der Waals surface area contributed by atoms with Gasteiger partial charge in [-0.2, -0.15) is 0 Å². The Morgan fingerprint density at radius 3 is 2.35 bits per heavy atom. The zero-order valence-corrected chi connectivity index (χ0v) is 11.5. The van der Waals surface area contributed by atoms with Gasteiger partial charge in [-0.1, -0.05) is 40.2 Å². The SMILES string of the molecule is CS(=O)(=O)C#Cc1ccc(Br)c2ccccc12. The van der Waals surface area contributed by atoms with Crippen molar-refractivity contribution < 1.29 is 8.42 Å². The quantitative estimate of drug-likeness (QED) is 0.701. The van der Waals surface area contributed by atoms with Crippen molar-refractivity contribution in [3.63, 3.8) is 0 Å². The number of hydrogen-bond acceptors (Lipinski definition) is 2. The van der Waals surface area contributed by atoms with Crippen LogP contribution in [0, 0.1) is 11.2 Å². The molecule has 0 saturated carbocycles. The summed E-state index contributed by atoms with van der Waals surface area (Å²) in [4.78, 5) is 0. The molecule has 0 aliphatic carbocycles. The highest BCUT2D eigenvalue weighted by Crippen LogP contribution is 2.26. The molecule has 86 valence electrons. The van der Waals surface area contributed by atoms with Crippen LogP contribution in [0.3, 0.4) is 0 Å². The Kier molecular flexibility index (Phi) is 3.23. The number of rotatable bonds is 0. The molecule has 2 rings (SSSR count). The summed E-state index contributed by atoms with van der Waals surface area (Å²) >= 11 is 3.46. The summed E-state index contributed by atoms with van der Waals surface area (Å²) in [5.74, 6) is 2.70. The van der Waals surface area contributed by atoms with Crippen LogP contribution >= 0.6 is 15.9 Å². The van der Waals surface area contributed by atoms with E-state index in [4.69, 9.17) is 0 Å². The van der Waals surface area contributed by atoms with Gasteiger partial charge in [0.25, 0.3) is 0 Å². The van der Waals surface area contributed by atoms with Gasteiger partial charge in [0.15, 0.2) is 0 Å². The average molecular weight is 309 g/mol. The van der Waals surface area contributed by atoms with Gasteiger partial charge in [0.05, 0.1) is 6.26 Å². The predicted octanol–water partition coefficient (Wildman–Crippen LogP) is 2.96. The molecule has 0 atom stereocenters. The second kappa shape index (κ2) is 4.52. The summed E-state index contributed by atoms with van der Waals surface area (Å²) in [6, 6.07) is 11.4. The molecule has 17 heavy (non-hydrogen) atoms. The Labute approximate surface area is 109 Å². The highest BCUT2D eigenvalue weighted by Gasteiger charge is 2.02. The summed E-state index contributed by atoms with van der Waals surface area (Å²) in [7, 11) is -3.27. The zero-order valence-electron chi connectivity index (χ0n) is 9.07. The fourth-order valence-corrected chi connectivity index (χ4v) is 2.29. The molecule has 0 spiro atoms. The number of fused-ring (bicyclic) bond motifs is 1.